The van der Waals surface area contributed by atoms with Crippen molar-refractivity contribution in [3.8, 4) is 12.3 Å². The second-order valence-corrected chi connectivity index (χ2v) is 10.5. The third-order valence-electron chi connectivity index (χ3n) is 3.24. The Hall–Kier alpha value is -1.11. The van der Waals surface area contributed by atoms with E-state index in [0.29, 0.717) is 6.42 Å². The molecule has 0 saturated heterocycles. The SMILES string of the molecule is C#C/C=C/[C@H](C/C=C/C=O)O[Si](C)(C)C(C)(C)C. The molecule has 0 aromatic carbocycles. The van der Waals surface area contributed by atoms with Gasteiger partial charge in [0.2, 0.25) is 0 Å². The van der Waals surface area contributed by atoms with Crippen LogP contribution in [0.2, 0.25) is 18.1 Å². The molecule has 0 unspecified atom stereocenters. The first kappa shape index (κ1) is 16.9. The molecule has 0 bridgehead atoms. The number of terminal acetylenes is 1. The van der Waals surface area contributed by atoms with Crippen molar-refractivity contribution in [1.82, 2.24) is 0 Å². The van der Waals surface area contributed by atoms with Crippen LogP contribution in [-0.2, 0) is 9.22 Å². The molecule has 0 N–H and O–H groups in total. The first-order valence-electron chi connectivity index (χ1n) is 6.15. The fraction of sp³-hybridized carbons (Fsp3) is 0.533. The molecule has 0 rings (SSSR count). The summed E-state index contributed by atoms with van der Waals surface area (Å²) in [6.07, 6.45) is 13.5. The molecule has 0 heterocycles. The Kier molecular flexibility index (Phi) is 6.90. The summed E-state index contributed by atoms with van der Waals surface area (Å²) in [4.78, 5) is 10.3. The Morgan fingerprint density at radius 1 is 1.39 bits per heavy atom. The fourth-order valence-electron chi connectivity index (χ4n) is 1.15. The zero-order chi connectivity index (χ0) is 14.2. The van der Waals surface area contributed by atoms with Crippen LogP contribution in [0.4, 0.5) is 0 Å². The lowest BCUT2D eigenvalue weighted by atomic mass is 10.2. The van der Waals surface area contributed by atoms with Crippen LogP contribution < -0.4 is 0 Å². The number of allylic oxidation sites excluding steroid dienone is 2. The third kappa shape index (κ3) is 5.99. The Morgan fingerprint density at radius 3 is 2.44 bits per heavy atom. The number of hydrogen-bond donors (Lipinski definition) is 0. The zero-order valence-corrected chi connectivity index (χ0v) is 13.1. The molecule has 0 aromatic heterocycles. The minimum atomic E-state index is -1.82. The van der Waals surface area contributed by atoms with Crippen molar-refractivity contribution >= 4 is 14.6 Å². The van der Waals surface area contributed by atoms with Crippen LogP contribution in [0, 0.1) is 12.3 Å². The molecule has 1 atom stereocenters. The molecule has 0 saturated carbocycles. The van der Waals surface area contributed by atoms with Crippen molar-refractivity contribution in [2.75, 3.05) is 0 Å². The van der Waals surface area contributed by atoms with Crippen LogP contribution >= 0.6 is 0 Å². The normalized spacial score (nSPS) is 14.9. The van der Waals surface area contributed by atoms with Crippen LogP contribution in [0.3, 0.4) is 0 Å². The van der Waals surface area contributed by atoms with Crippen molar-refractivity contribution in [2.45, 2.75) is 51.4 Å². The van der Waals surface area contributed by atoms with Crippen LogP contribution in [-0.4, -0.2) is 20.7 Å². The molecule has 0 amide bonds. The van der Waals surface area contributed by atoms with Gasteiger partial charge in [0.15, 0.2) is 8.32 Å². The van der Waals surface area contributed by atoms with E-state index < -0.39 is 8.32 Å². The average Bonchev–Trinajstić information content (AvgIpc) is 2.24. The van der Waals surface area contributed by atoms with E-state index in [4.69, 9.17) is 10.8 Å². The number of carbonyl (C=O) groups is 1. The summed E-state index contributed by atoms with van der Waals surface area (Å²) in [5.41, 5.74) is 0. The Balaban J connectivity index is 4.79. The highest BCUT2D eigenvalue weighted by Crippen LogP contribution is 2.37. The second-order valence-electron chi connectivity index (χ2n) is 5.74. The van der Waals surface area contributed by atoms with Gasteiger partial charge in [0.05, 0.1) is 6.10 Å². The smallest absolute Gasteiger partial charge is 0.192 e. The highest BCUT2D eigenvalue weighted by Gasteiger charge is 2.38. The van der Waals surface area contributed by atoms with E-state index in [1.165, 1.54) is 6.08 Å². The summed E-state index contributed by atoms with van der Waals surface area (Å²) in [6.45, 7) is 11.0. The van der Waals surface area contributed by atoms with Gasteiger partial charge in [0, 0.05) is 0 Å². The quantitative estimate of drug-likeness (QED) is 0.316. The zero-order valence-electron chi connectivity index (χ0n) is 12.1. The van der Waals surface area contributed by atoms with Gasteiger partial charge in [-0.1, -0.05) is 32.8 Å². The maximum absolute atomic E-state index is 10.3. The fourth-order valence-corrected chi connectivity index (χ4v) is 2.44. The molecule has 0 aliphatic heterocycles. The Morgan fingerprint density at radius 2 is 2.00 bits per heavy atom. The molecule has 0 radical (unpaired) electrons. The number of aldehydes is 1. The van der Waals surface area contributed by atoms with Gasteiger partial charge < -0.3 is 4.43 Å². The van der Waals surface area contributed by atoms with Crippen molar-refractivity contribution in [3.63, 3.8) is 0 Å². The summed E-state index contributed by atoms with van der Waals surface area (Å²) in [5.74, 6) is 2.47. The molecule has 0 aliphatic carbocycles. The van der Waals surface area contributed by atoms with E-state index in [2.05, 4.69) is 39.8 Å². The lowest BCUT2D eigenvalue weighted by molar-refractivity contribution is -0.104. The van der Waals surface area contributed by atoms with Gasteiger partial charge in [-0.15, -0.1) is 6.42 Å². The van der Waals surface area contributed by atoms with Gasteiger partial charge in [-0.3, -0.25) is 4.79 Å². The summed E-state index contributed by atoms with van der Waals surface area (Å²) in [5, 5.41) is 0.156. The molecular weight excluding hydrogens is 240 g/mol. The Bertz CT molecular complexity index is 354. The van der Waals surface area contributed by atoms with Gasteiger partial charge in [0.1, 0.15) is 6.29 Å². The number of carbonyl (C=O) groups excluding carboxylic acids is 1. The molecule has 0 fully saturated rings. The summed E-state index contributed by atoms with van der Waals surface area (Å²) < 4.78 is 6.24. The van der Waals surface area contributed by atoms with E-state index in [1.54, 1.807) is 6.08 Å². The highest BCUT2D eigenvalue weighted by molar-refractivity contribution is 6.74. The molecule has 0 aliphatic rings. The van der Waals surface area contributed by atoms with Crippen LogP contribution in [0.1, 0.15) is 27.2 Å². The average molecular weight is 264 g/mol. The van der Waals surface area contributed by atoms with Gasteiger partial charge >= 0.3 is 0 Å². The summed E-state index contributed by atoms with van der Waals surface area (Å²) >= 11 is 0. The van der Waals surface area contributed by atoms with Crippen LogP contribution in [0.5, 0.6) is 0 Å². The second kappa shape index (κ2) is 7.35. The summed E-state index contributed by atoms with van der Waals surface area (Å²) in [7, 11) is -1.82. The van der Waals surface area contributed by atoms with E-state index in [0.717, 1.165) is 6.29 Å². The third-order valence-corrected chi connectivity index (χ3v) is 7.75. The topological polar surface area (TPSA) is 26.3 Å². The van der Waals surface area contributed by atoms with Crippen LogP contribution in [0.15, 0.2) is 24.3 Å². The lowest BCUT2D eigenvalue weighted by Crippen LogP contribution is -2.43. The standard InChI is InChI=1S/C15H24O2Si/c1-7-8-11-14(12-9-10-13-16)17-18(5,6)15(2,3)4/h1,8-11,13-14H,12H2,2-6H3/b10-9+,11-8+/t14-/m1/s1. The van der Waals surface area contributed by atoms with E-state index in [9.17, 15) is 4.79 Å². The molecule has 18 heavy (non-hydrogen) atoms. The largest absolute Gasteiger partial charge is 0.410 e. The molecular formula is C15H24O2Si. The van der Waals surface area contributed by atoms with Crippen LogP contribution in [0.25, 0.3) is 0 Å². The van der Waals surface area contributed by atoms with E-state index in [1.807, 2.05) is 12.2 Å². The molecule has 2 nitrogen and oxygen atoms in total. The van der Waals surface area contributed by atoms with Crippen molar-refractivity contribution in [2.24, 2.45) is 0 Å². The van der Waals surface area contributed by atoms with Gasteiger partial charge in [-0.25, -0.2) is 0 Å². The maximum Gasteiger partial charge on any atom is 0.192 e. The van der Waals surface area contributed by atoms with E-state index in [-0.39, 0.29) is 11.1 Å². The number of rotatable bonds is 6. The van der Waals surface area contributed by atoms with Gasteiger partial charge in [-0.05, 0) is 42.8 Å². The lowest BCUT2D eigenvalue weighted by Gasteiger charge is -2.38. The molecule has 0 aromatic rings. The minimum Gasteiger partial charge on any atom is -0.410 e. The molecule has 0 spiro atoms. The van der Waals surface area contributed by atoms with E-state index >= 15 is 0 Å². The maximum atomic E-state index is 10.3. The highest BCUT2D eigenvalue weighted by atomic mass is 28.4. The minimum absolute atomic E-state index is 0.0573. The summed E-state index contributed by atoms with van der Waals surface area (Å²) in [6, 6.07) is 0. The van der Waals surface area contributed by atoms with Gasteiger partial charge in [0.25, 0.3) is 0 Å². The number of hydrogen-bond acceptors (Lipinski definition) is 2. The molecule has 3 heteroatoms. The monoisotopic (exact) mass is 264 g/mol. The van der Waals surface area contributed by atoms with Crippen molar-refractivity contribution < 1.29 is 9.22 Å². The van der Waals surface area contributed by atoms with Crippen molar-refractivity contribution in [3.05, 3.63) is 24.3 Å². The molecule has 100 valence electrons. The predicted molar refractivity (Wildman–Crippen MR) is 79.9 cm³/mol. The predicted octanol–water partition coefficient (Wildman–Crippen LogP) is 3.71. The van der Waals surface area contributed by atoms with Gasteiger partial charge in [-0.2, -0.15) is 0 Å². The first-order valence-corrected chi connectivity index (χ1v) is 9.06. The van der Waals surface area contributed by atoms with Crippen molar-refractivity contribution in [1.29, 1.82) is 0 Å². The Labute approximate surface area is 112 Å². The first-order chi connectivity index (χ1) is 8.24.